The molecule has 0 aliphatic carbocycles. The van der Waals surface area contributed by atoms with Gasteiger partial charge in [-0.05, 0) is 60.8 Å². The topological polar surface area (TPSA) is 44.4 Å². The highest BCUT2D eigenvalue weighted by atomic mass is 35.5. The summed E-state index contributed by atoms with van der Waals surface area (Å²) >= 11 is 6.41. The molecule has 5 heteroatoms. The van der Waals surface area contributed by atoms with Crippen LogP contribution in [-0.4, -0.2) is 43.5 Å². The lowest BCUT2D eigenvalue weighted by Gasteiger charge is -2.37. The Morgan fingerprint density at radius 3 is 2.65 bits per heavy atom. The zero-order valence-electron chi connectivity index (χ0n) is 14.8. The Morgan fingerprint density at radius 1 is 1.00 bits per heavy atom. The van der Waals surface area contributed by atoms with Gasteiger partial charge in [0.15, 0.2) is 0 Å². The number of carbonyl (C=O) groups is 1. The lowest BCUT2D eigenvalue weighted by molar-refractivity contribution is 0.0634. The maximum absolute atomic E-state index is 13.3. The highest BCUT2D eigenvalue weighted by molar-refractivity contribution is 6.31. The summed E-state index contributed by atoms with van der Waals surface area (Å²) < 4.78 is 0. The summed E-state index contributed by atoms with van der Waals surface area (Å²) in [6.07, 6.45) is 2.01. The second-order valence-corrected chi connectivity index (χ2v) is 7.38. The predicted octanol–water partition coefficient (Wildman–Crippen LogP) is 2.81. The summed E-state index contributed by atoms with van der Waals surface area (Å²) in [5, 5.41) is 7.53. The van der Waals surface area contributed by atoms with Gasteiger partial charge in [0.25, 0.3) is 5.91 Å². The average Bonchev–Trinajstić information content (AvgIpc) is 2.92. The summed E-state index contributed by atoms with van der Waals surface area (Å²) in [5.41, 5.74) is 4.44. The molecule has 2 aliphatic heterocycles. The predicted molar refractivity (Wildman–Crippen MR) is 105 cm³/mol. The largest absolute Gasteiger partial charge is 0.329 e. The van der Waals surface area contributed by atoms with Crippen molar-refractivity contribution in [2.75, 3.05) is 32.7 Å². The Hall–Kier alpha value is -1.88. The summed E-state index contributed by atoms with van der Waals surface area (Å²) in [4.78, 5) is 15.3. The number of piperazine rings is 1. The molecule has 0 bridgehead atoms. The number of nitrogens with one attached hydrogen (secondary N) is 2. The molecule has 136 valence electrons. The molecule has 0 radical (unpaired) electrons. The van der Waals surface area contributed by atoms with Crippen molar-refractivity contribution in [3.8, 4) is 0 Å². The third-order valence-corrected chi connectivity index (χ3v) is 5.71. The zero-order chi connectivity index (χ0) is 17.9. The summed E-state index contributed by atoms with van der Waals surface area (Å²) in [6.45, 7) is 4.20. The molecule has 2 heterocycles. The highest BCUT2D eigenvalue weighted by Gasteiger charge is 2.30. The maximum atomic E-state index is 13.3. The molecule has 1 amide bonds. The third-order valence-electron chi connectivity index (χ3n) is 5.36. The van der Waals surface area contributed by atoms with Crippen molar-refractivity contribution >= 4 is 17.5 Å². The van der Waals surface area contributed by atoms with Crippen LogP contribution in [0.25, 0.3) is 0 Å². The fourth-order valence-electron chi connectivity index (χ4n) is 3.94. The standard InChI is InChI=1S/C21H24ClN3O/c22-19-4-2-1-3-18(19)20-14-24-11-12-25(20)21(26)17-6-5-15-7-9-23-10-8-16(15)13-17/h1-6,13,20,23-24H,7-12,14H2. The number of halogens is 1. The maximum Gasteiger partial charge on any atom is 0.254 e. The molecule has 1 unspecified atom stereocenters. The van der Waals surface area contributed by atoms with Crippen LogP contribution in [0.1, 0.15) is 33.1 Å². The quantitative estimate of drug-likeness (QED) is 0.855. The molecule has 4 nitrogen and oxygen atoms in total. The van der Waals surface area contributed by atoms with Gasteiger partial charge >= 0.3 is 0 Å². The van der Waals surface area contributed by atoms with Crippen molar-refractivity contribution in [1.82, 2.24) is 15.5 Å². The average molecular weight is 370 g/mol. The number of hydrogen-bond acceptors (Lipinski definition) is 3. The molecule has 0 spiro atoms. The minimum atomic E-state index is -0.0366. The van der Waals surface area contributed by atoms with Gasteiger partial charge in [0.05, 0.1) is 6.04 Å². The van der Waals surface area contributed by atoms with Crippen LogP contribution in [0.3, 0.4) is 0 Å². The van der Waals surface area contributed by atoms with Gasteiger partial charge in [0, 0.05) is 30.2 Å². The first kappa shape index (κ1) is 17.5. The minimum absolute atomic E-state index is 0.0366. The molecule has 1 fully saturated rings. The lowest BCUT2D eigenvalue weighted by atomic mass is 9.98. The first-order valence-electron chi connectivity index (χ1n) is 9.32. The van der Waals surface area contributed by atoms with Gasteiger partial charge in [-0.2, -0.15) is 0 Å². The first-order valence-corrected chi connectivity index (χ1v) is 9.70. The Morgan fingerprint density at radius 2 is 1.81 bits per heavy atom. The van der Waals surface area contributed by atoms with E-state index in [0.29, 0.717) is 11.6 Å². The Kier molecular flexibility index (Phi) is 5.25. The minimum Gasteiger partial charge on any atom is -0.329 e. The Labute approximate surface area is 159 Å². The van der Waals surface area contributed by atoms with E-state index < -0.39 is 0 Å². The molecular weight excluding hydrogens is 346 g/mol. The molecular formula is C21H24ClN3O. The van der Waals surface area contributed by atoms with E-state index in [9.17, 15) is 4.79 Å². The van der Waals surface area contributed by atoms with E-state index >= 15 is 0 Å². The summed E-state index contributed by atoms with van der Waals surface area (Å²) in [7, 11) is 0. The molecule has 0 aromatic heterocycles. The van der Waals surface area contributed by atoms with Crippen LogP contribution in [0.2, 0.25) is 5.02 Å². The second-order valence-electron chi connectivity index (χ2n) is 6.97. The summed E-state index contributed by atoms with van der Waals surface area (Å²) in [6, 6.07) is 14.0. The summed E-state index contributed by atoms with van der Waals surface area (Å²) in [5.74, 6) is 0.0939. The second kappa shape index (κ2) is 7.78. The van der Waals surface area contributed by atoms with Crippen molar-refractivity contribution in [3.63, 3.8) is 0 Å². The van der Waals surface area contributed by atoms with Gasteiger partial charge in [0.1, 0.15) is 0 Å². The SMILES string of the molecule is O=C(c1ccc2c(c1)CCNCC2)N1CCNCC1c1ccccc1Cl. The van der Waals surface area contributed by atoms with E-state index in [1.54, 1.807) is 0 Å². The van der Waals surface area contributed by atoms with Crippen LogP contribution in [0.15, 0.2) is 42.5 Å². The van der Waals surface area contributed by atoms with Crippen LogP contribution in [0.5, 0.6) is 0 Å². The fraction of sp³-hybridized carbons (Fsp3) is 0.381. The van der Waals surface area contributed by atoms with E-state index in [1.165, 1.54) is 11.1 Å². The normalized spacial score (nSPS) is 20.3. The van der Waals surface area contributed by atoms with Crippen molar-refractivity contribution in [3.05, 3.63) is 69.7 Å². The molecule has 1 saturated heterocycles. The van der Waals surface area contributed by atoms with Crippen LogP contribution < -0.4 is 10.6 Å². The zero-order valence-corrected chi connectivity index (χ0v) is 15.6. The van der Waals surface area contributed by atoms with Crippen molar-refractivity contribution < 1.29 is 4.79 Å². The number of rotatable bonds is 2. The number of carbonyl (C=O) groups excluding carboxylic acids is 1. The van der Waals surface area contributed by atoms with Crippen LogP contribution in [-0.2, 0) is 12.8 Å². The van der Waals surface area contributed by atoms with E-state index in [0.717, 1.165) is 50.1 Å². The number of benzene rings is 2. The highest BCUT2D eigenvalue weighted by Crippen LogP contribution is 2.30. The van der Waals surface area contributed by atoms with Gasteiger partial charge < -0.3 is 15.5 Å². The van der Waals surface area contributed by atoms with Gasteiger partial charge in [-0.1, -0.05) is 35.9 Å². The van der Waals surface area contributed by atoms with E-state index in [2.05, 4.69) is 22.8 Å². The van der Waals surface area contributed by atoms with Gasteiger partial charge in [-0.25, -0.2) is 0 Å². The van der Waals surface area contributed by atoms with Crippen LogP contribution >= 0.6 is 11.6 Å². The van der Waals surface area contributed by atoms with Gasteiger partial charge in [-0.15, -0.1) is 0 Å². The number of hydrogen-bond donors (Lipinski definition) is 2. The molecule has 2 aromatic carbocycles. The number of amides is 1. The monoisotopic (exact) mass is 369 g/mol. The fourth-order valence-corrected chi connectivity index (χ4v) is 4.20. The Balaban J connectivity index is 1.63. The lowest BCUT2D eigenvalue weighted by Crippen LogP contribution is -2.48. The molecule has 4 rings (SSSR count). The Bertz CT molecular complexity index is 808. The first-order chi connectivity index (χ1) is 12.7. The molecule has 2 aliphatic rings. The smallest absolute Gasteiger partial charge is 0.254 e. The van der Waals surface area contributed by atoms with Gasteiger partial charge in [0.2, 0.25) is 0 Å². The molecule has 0 saturated carbocycles. The van der Waals surface area contributed by atoms with E-state index in [-0.39, 0.29) is 11.9 Å². The molecule has 2 N–H and O–H groups in total. The molecule has 1 atom stereocenters. The molecule has 26 heavy (non-hydrogen) atoms. The van der Waals surface area contributed by atoms with E-state index in [4.69, 9.17) is 11.6 Å². The van der Waals surface area contributed by atoms with Gasteiger partial charge in [-0.3, -0.25) is 4.79 Å². The van der Waals surface area contributed by atoms with E-state index in [1.807, 2.05) is 35.2 Å². The van der Waals surface area contributed by atoms with Crippen molar-refractivity contribution in [1.29, 1.82) is 0 Å². The number of nitrogens with zero attached hydrogens (tertiary/aromatic N) is 1. The third kappa shape index (κ3) is 3.50. The van der Waals surface area contributed by atoms with Crippen molar-refractivity contribution in [2.45, 2.75) is 18.9 Å². The number of fused-ring (bicyclic) bond motifs is 1. The van der Waals surface area contributed by atoms with Crippen molar-refractivity contribution in [2.24, 2.45) is 0 Å². The van der Waals surface area contributed by atoms with Crippen LogP contribution in [0, 0.1) is 0 Å². The molecule has 2 aromatic rings. The van der Waals surface area contributed by atoms with Crippen LogP contribution in [0.4, 0.5) is 0 Å².